The van der Waals surface area contributed by atoms with Crippen molar-refractivity contribution in [2.75, 3.05) is 0 Å². The maximum absolute atomic E-state index is 13.3. The van der Waals surface area contributed by atoms with Crippen molar-refractivity contribution in [1.29, 1.82) is 0 Å². The van der Waals surface area contributed by atoms with Gasteiger partial charge in [-0.25, -0.2) is 0 Å². The molecule has 1 unspecified atom stereocenters. The first-order chi connectivity index (χ1) is 12.2. The van der Waals surface area contributed by atoms with Gasteiger partial charge in [0, 0.05) is 5.54 Å². The highest BCUT2D eigenvalue weighted by atomic mass is 16.6. The number of carbonyl (C=O) groups is 1. The Balaban J connectivity index is 2.36. The van der Waals surface area contributed by atoms with E-state index >= 15 is 0 Å². The van der Waals surface area contributed by atoms with Crippen LogP contribution in [0.5, 0.6) is 0 Å². The van der Waals surface area contributed by atoms with Crippen molar-refractivity contribution in [1.82, 2.24) is 0 Å². The lowest BCUT2D eigenvalue weighted by molar-refractivity contribution is -0.175. The Kier molecular flexibility index (Phi) is 5.51. The van der Waals surface area contributed by atoms with Crippen LogP contribution in [0.2, 0.25) is 0 Å². The van der Waals surface area contributed by atoms with Crippen LogP contribution in [-0.4, -0.2) is 11.5 Å². The summed E-state index contributed by atoms with van der Waals surface area (Å²) in [7, 11) is 0. The number of hydrogen-bond acceptors (Lipinski definition) is 3. The summed E-state index contributed by atoms with van der Waals surface area (Å²) in [5.74, 6) is -0.247. The second-order valence-corrected chi connectivity index (χ2v) is 10.3. The maximum atomic E-state index is 13.3. The first-order valence-electron chi connectivity index (χ1n) is 9.67. The van der Waals surface area contributed by atoms with Crippen molar-refractivity contribution in [2.24, 2.45) is 16.6 Å². The first kappa shape index (κ1) is 21.4. The molecule has 0 aliphatic heterocycles. The molecule has 148 valence electrons. The molecule has 0 aromatic heterocycles. The number of fused-ring (bicyclic) bond motifs is 1. The molecule has 0 aliphatic carbocycles. The molecule has 0 bridgehead atoms. The van der Waals surface area contributed by atoms with Crippen LogP contribution in [0.25, 0.3) is 10.8 Å². The molecule has 2 aromatic rings. The maximum Gasteiger partial charge on any atom is 0.314 e. The fourth-order valence-electron chi connectivity index (χ4n) is 3.59. The summed E-state index contributed by atoms with van der Waals surface area (Å²) in [5, 5.41) is 2.31. The number of esters is 1. The molecule has 0 radical (unpaired) electrons. The number of rotatable bonds is 5. The zero-order valence-electron chi connectivity index (χ0n) is 18.1. The Morgan fingerprint density at radius 3 is 1.96 bits per heavy atom. The van der Waals surface area contributed by atoms with Crippen molar-refractivity contribution in [3.63, 3.8) is 0 Å². The van der Waals surface area contributed by atoms with Gasteiger partial charge in [-0.3, -0.25) is 4.79 Å². The van der Waals surface area contributed by atoms with Gasteiger partial charge in [-0.15, -0.1) is 0 Å². The van der Waals surface area contributed by atoms with Gasteiger partial charge in [0.2, 0.25) is 0 Å². The molecule has 27 heavy (non-hydrogen) atoms. The first-order valence-corrected chi connectivity index (χ1v) is 9.67. The van der Waals surface area contributed by atoms with Gasteiger partial charge >= 0.3 is 5.97 Å². The van der Waals surface area contributed by atoms with Gasteiger partial charge < -0.3 is 10.5 Å². The van der Waals surface area contributed by atoms with Gasteiger partial charge in [0.1, 0.15) is 5.60 Å². The molecule has 3 heteroatoms. The van der Waals surface area contributed by atoms with E-state index in [1.54, 1.807) is 0 Å². The molecule has 2 rings (SSSR count). The summed E-state index contributed by atoms with van der Waals surface area (Å²) in [6.45, 7) is 16.0. The minimum absolute atomic E-state index is 0.0441. The van der Waals surface area contributed by atoms with E-state index in [4.69, 9.17) is 10.5 Å². The highest BCUT2D eigenvalue weighted by Gasteiger charge is 2.49. The molecular weight excluding hydrogens is 334 g/mol. The van der Waals surface area contributed by atoms with Crippen molar-refractivity contribution in [3.05, 3.63) is 48.0 Å². The molecule has 0 spiro atoms. The van der Waals surface area contributed by atoms with Gasteiger partial charge in [0.15, 0.2) is 0 Å². The molecule has 0 saturated heterocycles. The van der Waals surface area contributed by atoms with Crippen LogP contribution in [-0.2, 0) is 15.1 Å². The van der Waals surface area contributed by atoms with Crippen LogP contribution in [0.3, 0.4) is 0 Å². The van der Waals surface area contributed by atoms with E-state index < -0.39 is 16.6 Å². The predicted molar refractivity (Wildman–Crippen MR) is 114 cm³/mol. The third kappa shape index (κ3) is 4.70. The lowest BCUT2D eigenvalue weighted by atomic mass is 9.65. The van der Waals surface area contributed by atoms with Crippen LogP contribution >= 0.6 is 0 Å². The lowest BCUT2D eigenvalue weighted by Gasteiger charge is -2.44. The third-order valence-electron chi connectivity index (χ3n) is 5.55. The summed E-state index contributed by atoms with van der Waals surface area (Å²) in [5.41, 5.74) is 5.15. The van der Waals surface area contributed by atoms with Gasteiger partial charge in [0.25, 0.3) is 0 Å². The highest BCUT2D eigenvalue weighted by molar-refractivity contribution is 5.83. The molecule has 0 fully saturated rings. The Labute approximate surface area is 164 Å². The van der Waals surface area contributed by atoms with Crippen LogP contribution in [0.4, 0.5) is 0 Å². The molecular formula is C24H35NO2. The number of ether oxygens (including phenoxy) is 1. The highest BCUT2D eigenvalue weighted by Crippen LogP contribution is 2.43. The molecule has 1 atom stereocenters. The largest absolute Gasteiger partial charge is 0.454 e. The van der Waals surface area contributed by atoms with E-state index in [1.807, 2.05) is 52.8 Å². The van der Waals surface area contributed by atoms with E-state index in [0.717, 1.165) is 10.9 Å². The monoisotopic (exact) mass is 369 g/mol. The molecule has 0 amide bonds. The van der Waals surface area contributed by atoms with Crippen molar-refractivity contribution < 1.29 is 9.53 Å². The summed E-state index contributed by atoms with van der Waals surface area (Å²) in [4.78, 5) is 13.3. The minimum atomic E-state index is -0.792. The van der Waals surface area contributed by atoms with Crippen molar-refractivity contribution >= 4 is 16.7 Å². The van der Waals surface area contributed by atoms with Crippen LogP contribution in [0.15, 0.2) is 42.5 Å². The second kappa shape index (κ2) is 6.94. The summed E-state index contributed by atoms with van der Waals surface area (Å²) >= 11 is 0. The summed E-state index contributed by atoms with van der Waals surface area (Å²) in [6.07, 6.45) is 0.649. The third-order valence-corrected chi connectivity index (χ3v) is 5.55. The smallest absolute Gasteiger partial charge is 0.314 e. The standard InChI is InChI=1S/C24H35NO2/c1-21(2,3)16-24(8,23(6,7)25)20(26)27-22(4,5)19-14-13-17-11-9-10-12-18(17)15-19/h9-15H,16,25H2,1-8H3. The van der Waals surface area contributed by atoms with Gasteiger partial charge in [-0.05, 0) is 68.9 Å². The van der Waals surface area contributed by atoms with Gasteiger partial charge in [-0.2, -0.15) is 0 Å². The van der Waals surface area contributed by atoms with Crippen molar-refractivity contribution in [2.45, 2.75) is 73.0 Å². The molecule has 0 aliphatic rings. The molecule has 3 nitrogen and oxygen atoms in total. The zero-order chi connectivity index (χ0) is 20.7. The van der Waals surface area contributed by atoms with Gasteiger partial charge in [0.05, 0.1) is 5.41 Å². The Morgan fingerprint density at radius 1 is 0.889 bits per heavy atom. The van der Waals surface area contributed by atoms with Gasteiger partial charge in [-0.1, -0.05) is 57.2 Å². The second-order valence-electron chi connectivity index (χ2n) is 10.3. The average Bonchev–Trinajstić information content (AvgIpc) is 2.51. The Hall–Kier alpha value is -1.87. The SMILES string of the molecule is CC(C)(C)CC(C)(C(=O)OC(C)(C)c1ccc2ccccc2c1)C(C)(C)N. The molecule has 0 heterocycles. The fourth-order valence-corrected chi connectivity index (χ4v) is 3.59. The van der Waals surface area contributed by atoms with Crippen LogP contribution < -0.4 is 5.73 Å². The lowest BCUT2D eigenvalue weighted by Crippen LogP contribution is -2.56. The molecule has 0 saturated carbocycles. The Morgan fingerprint density at radius 2 is 1.44 bits per heavy atom. The predicted octanol–water partition coefficient (Wildman–Crippen LogP) is 5.80. The van der Waals surface area contributed by atoms with E-state index in [2.05, 4.69) is 45.0 Å². The molecule has 2 aromatic carbocycles. The van der Waals surface area contributed by atoms with Crippen LogP contribution in [0, 0.1) is 10.8 Å². The quantitative estimate of drug-likeness (QED) is 0.678. The van der Waals surface area contributed by atoms with E-state index in [-0.39, 0.29) is 11.4 Å². The summed E-state index contributed by atoms with van der Waals surface area (Å²) < 4.78 is 6.09. The van der Waals surface area contributed by atoms with E-state index in [0.29, 0.717) is 6.42 Å². The van der Waals surface area contributed by atoms with Crippen LogP contribution in [0.1, 0.15) is 67.4 Å². The number of carbonyl (C=O) groups excluding carboxylic acids is 1. The summed E-state index contributed by atoms with van der Waals surface area (Å²) in [6, 6.07) is 14.4. The number of hydrogen-bond donors (Lipinski definition) is 1. The normalized spacial score (nSPS) is 15.4. The number of nitrogens with two attached hydrogens (primary N) is 1. The Bertz CT molecular complexity index is 824. The number of benzene rings is 2. The average molecular weight is 370 g/mol. The fraction of sp³-hybridized carbons (Fsp3) is 0.542. The van der Waals surface area contributed by atoms with E-state index in [9.17, 15) is 4.79 Å². The van der Waals surface area contributed by atoms with E-state index in [1.165, 1.54) is 5.39 Å². The topological polar surface area (TPSA) is 52.3 Å². The molecule has 2 N–H and O–H groups in total. The minimum Gasteiger partial charge on any atom is -0.454 e. The van der Waals surface area contributed by atoms with Crippen molar-refractivity contribution in [3.8, 4) is 0 Å². The zero-order valence-corrected chi connectivity index (χ0v) is 18.1.